The Morgan fingerprint density at radius 1 is 0.615 bits per heavy atom. The molecular weight excluding hydrogens is 724 g/mol. The van der Waals surface area contributed by atoms with Crippen molar-refractivity contribution >= 4 is 71.5 Å². The Balaban J connectivity index is 0.000000162. The van der Waals surface area contributed by atoms with Crippen molar-refractivity contribution in [1.29, 1.82) is 0 Å². The third-order valence-corrected chi connectivity index (χ3v) is 9.24. The maximum Gasteiger partial charge on any atom is 0.360 e. The van der Waals surface area contributed by atoms with Crippen LogP contribution in [0, 0.1) is 6.92 Å². The second kappa shape index (κ2) is 14.2. The number of pyridine rings is 2. The van der Waals surface area contributed by atoms with Gasteiger partial charge < -0.3 is 28.8 Å². The number of fused-ring (bicyclic) bond motifs is 6. The molecule has 0 spiro atoms. The third kappa shape index (κ3) is 5.78. The number of ether oxygens (including phenoxy) is 2. The summed E-state index contributed by atoms with van der Waals surface area (Å²) in [7, 11) is 0. The van der Waals surface area contributed by atoms with Gasteiger partial charge in [-0.15, -0.1) is 0 Å². The number of rotatable bonds is 6. The first-order valence-corrected chi connectivity index (χ1v) is 17.4. The smallest absolute Gasteiger partial charge is 0.360 e. The molecule has 0 radical (unpaired) electrons. The fourth-order valence-electron chi connectivity index (χ4n) is 6.59. The number of nitrogens with zero attached hydrogens (tertiary/aromatic N) is 4. The number of esters is 2. The van der Waals surface area contributed by atoms with Gasteiger partial charge in [-0.1, -0.05) is 72.8 Å². The summed E-state index contributed by atoms with van der Waals surface area (Å²) in [6.07, 6.45) is 0. The molecule has 0 saturated carbocycles. The highest BCUT2D eigenvalue weighted by Gasteiger charge is 2.26. The average Bonchev–Trinajstić information content (AvgIpc) is 3.71. The largest absolute Gasteiger partial charge is 0.504 e. The summed E-state index contributed by atoms with van der Waals surface area (Å²) in [6, 6.07) is 35.1. The Kier molecular flexibility index (Phi) is 9.35. The van der Waals surface area contributed by atoms with Crippen LogP contribution < -0.4 is 0 Å². The van der Waals surface area contributed by atoms with Crippen molar-refractivity contribution in [2.75, 3.05) is 13.2 Å². The topological polar surface area (TPSA) is 129 Å². The lowest BCUT2D eigenvalue weighted by Crippen LogP contribution is -2.09. The van der Waals surface area contributed by atoms with Crippen LogP contribution in [-0.4, -0.2) is 54.5 Å². The van der Waals surface area contributed by atoms with Gasteiger partial charge in [-0.3, -0.25) is 0 Å². The van der Waals surface area contributed by atoms with Crippen LogP contribution in [0.15, 0.2) is 114 Å². The van der Waals surface area contributed by atoms with Gasteiger partial charge in [0, 0.05) is 38.6 Å². The van der Waals surface area contributed by atoms with Crippen molar-refractivity contribution in [2.24, 2.45) is 0 Å². The Bertz CT molecular complexity index is 2450. The van der Waals surface area contributed by atoms with Crippen LogP contribution in [0.5, 0.6) is 11.5 Å². The summed E-state index contributed by atoms with van der Waals surface area (Å²) in [5.41, 5.74) is 5.21. The predicted octanol–water partition coefficient (Wildman–Crippen LogP) is 9.19. The quantitative estimate of drug-likeness (QED) is 0.127. The fraction of sp³-hybridized carbons (Fsp3) is 0.122. The Labute approximate surface area is 306 Å². The molecule has 0 aliphatic heterocycles. The number of aryl methyl sites for hydroxylation is 1. The molecule has 0 bridgehead atoms. The number of aromatic nitrogens is 4. The summed E-state index contributed by atoms with van der Waals surface area (Å²) in [5, 5.41) is 25.3. The third-order valence-electron chi connectivity index (χ3n) is 8.67. The van der Waals surface area contributed by atoms with Crippen molar-refractivity contribution in [3.05, 3.63) is 131 Å². The highest BCUT2D eigenvalue weighted by atomic mass is 79.9. The summed E-state index contributed by atoms with van der Waals surface area (Å²) in [4.78, 5) is 33.1. The lowest BCUT2D eigenvalue weighted by atomic mass is 10.1. The van der Waals surface area contributed by atoms with E-state index in [0.717, 1.165) is 44.0 Å². The lowest BCUT2D eigenvalue weighted by Gasteiger charge is -2.11. The van der Waals surface area contributed by atoms with Crippen LogP contribution in [0.1, 0.15) is 40.5 Å². The van der Waals surface area contributed by atoms with Crippen LogP contribution in [0.2, 0.25) is 0 Å². The molecule has 260 valence electrons. The van der Waals surface area contributed by atoms with Gasteiger partial charge in [0.05, 0.1) is 24.2 Å². The first-order chi connectivity index (χ1) is 25.3. The van der Waals surface area contributed by atoms with Crippen LogP contribution in [0.3, 0.4) is 0 Å². The number of carbonyl (C=O) groups excluding carboxylic acids is 2. The number of halogens is 1. The van der Waals surface area contributed by atoms with E-state index >= 15 is 0 Å². The van der Waals surface area contributed by atoms with Gasteiger partial charge in [0.1, 0.15) is 15.6 Å². The molecule has 0 atom stereocenters. The predicted molar refractivity (Wildman–Crippen MR) is 205 cm³/mol. The average molecular weight is 758 g/mol. The van der Waals surface area contributed by atoms with E-state index in [2.05, 4.69) is 25.9 Å². The number of hydrogen-bond donors (Lipinski definition) is 2. The molecule has 11 heteroatoms. The van der Waals surface area contributed by atoms with Crippen LogP contribution in [0.4, 0.5) is 0 Å². The minimum atomic E-state index is -0.655. The van der Waals surface area contributed by atoms with E-state index in [0.29, 0.717) is 21.3 Å². The van der Waals surface area contributed by atoms with Gasteiger partial charge in [-0.05, 0) is 73.1 Å². The van der Waals surface area contributed by atoms with E-state index in [1.54, 1.807) is 13.8 Å². The van der Waals surface area contributed by atoms with Crippen molar-refractivity contribution in [2.45, 2.75) is 20.8 Å². The Morgan fingerprint density at radius 2 is 1.02 bits per heavy atom. The molecular formula is C41H33BrN4O6. The van der Waals surface area contributed by atoms with E-state index in [4.69, 9.17) is 9.47 Å². The van der Waals surface area contributed by atoms with E-state index in [-0.39, 0.29) is 36.1 Å². The number of para-hydroxylation sites is 4. The molecule has 0 amide bonds. The summed E-state index contributed by atoms with van der Waals surface area (Å²) in [5.74, 6) is -1.64. The van der Waals surface area contributed by atoms with Crippen LogP contribution in [0.25, 0.3) is 55.0 Å². The number of carbonyl (C=O) groups is 2. The Morgan fingerprint density at radius 3 is 1.50 bits per heavy atom. The molecule has 4 aromatic carbocycles. The SMILES string of the molecule is CCOC(=O)c1nc(Br)c2c3ccccc3n(-c3ccccc3)c2c1O.CCOC(=O)c1nc(C)c2c3ccccc3n(-c3ccccc3)c2c1O. The maximum atomic E-state index is 12.3. The minimum absolute atomic E-state index is 0.0585. The van der Waals surface area contributed by atoms with Crippen molar-refractivity contribution in [1.82, 2.24) is 19.1 Å². The lowest BCUT2D eigenvalue weighted by molar-refractivity contribution is 0.0506. The number of hydrogen-bond acceptors (Lipinski definition) is 8. The second-order valence-electron chi connectivity index (χ2n) is 11.8. The van der Waals surface area contributed by atoms with Gasteiger partial charge >= 0.3 is 11.9 Å². The van der Waals surface area contributed by atoms with E-state index < -0.39 is 11.9 Å². The summed E-state index contributed by atoms with van der Waals surface area (Å²) < 4.78 is 14.5. The molecule has 8 aromatic rings. The van der Waals surface area contributed by atoms with E-state index in [9.17, 15) is 19.8 Å². The zero-order chi connectivity index (χ0) is 36.5. The van der Waals surface area contributed by atoms with Gasteiger partial charge in [-0.25, -0.2) is 19.6 Å². The first kappa shape index (κ1) is 34.3. The molecule has 4 heterocycles. The van der Waals surface area contributed by atoms with Crippen LogP contribution in [-0.2, 0) is 9.47 Å². The standard InChI is InChI=1S/C21H18N2O3.C20H15BrN2O3/c1-3-26-21(25)18-20(24)19-17(13(2)22-18)15-11-7-8-12-16(15)23(19)14-9-5-4-6-10-14;1-2-26-20(25)16-18(24)17-15(19(21)22-16)13-10-6-7-11-14(13)23(17)12-8-4-3-5-9-12/h4-12,24H,3H2,1-2H3;3-11,24H,2H2,1H3. The minimum Gasteiger partial charge on any atom is -0.504 e. The molecule has 10 nitrogen and oxygen atoms in total. The molecule has 0 saturated heterocycles. The van der Waals surface area contributed by atoms with Crippen molar-refractivity contribution in [3.63, 3.8) is 0 Å². The molecule has 0 aliphatic carbocycles. The summed E-state index contributed by atoms with van der Waals surface area (Å²) >= 11 is 3.46. The van der Waals surface area contributed by atoms with E-state index in [1.807, 2.05) is 125 Å². The number of benzene rings is 4. The molecule has 8 rings (SSSR count). The van der Waals surface area contributed by atoms with Crippen molar-refractivity contribution in [3.8, 4) is 22.9 Å². The maximum absolute atomic E-state index is 12.3. The monoisotopic (exact) mass is 756 g/mol. The number of aromatic hydroxyl groups is 2. The molecule has 2 N–H and O–H groups in total. The second-order valence-corrected chi connectivity index (χ2v) is 12.5. The normalized spacial score (nSPS) is 11.2. The van der Waals surface area contributed by atoms with Crippen LogP contribution >= 0.6 is 15.9 Å². The molecule has 4 aromatic heterocycles. The molecule has 0 unspecified atom stereocenters. The van der Waals surface area contributed by atoms with Gasteiger partial charge in [0.2, 0.25) is 0 Å². The summed E-state index contributed by atoms with van der Waals surface area (Å²) in [6.45, 7) is 5.70. The highest BCUT2D eigenvalue weighted by Crippen LogP contribution is 2.42. The Hall–Kier alpha value is -6.20. The zero-order valence-electron chi connectivity index (χ0n) is 28.5. The molecule has 0 aliphatic rings. The van der Waals surface area contributed by atoms with E-state index in [1.165, 1.54) is 0 Å². The van der Waals surface area contributed by atoms with Gasteiger partial charge in [-0.2, -0.15) is 0 Å². The van der Waals surface area contributed by atoms with Gasteiger partial charge in [0.15, 0.2) is 22.9 Å². The molecule has 52 heavy (non-hydrogen) atoms. The van der Waals surface area contributed by atoms with Gasteiger partial charge in [0.25, 0.3) is 0 Å². The zero-order valence-corrected chi connectivity index (χ0v) is 30.1. The first-order valence-electron chi connectivity index (χ1n) is 16.7. The molecule has 0 fully saturated rings. The highest BCUT2D eigenvalue weighted by molar-refractivity contribution is 9.10. The fourth-order valence-corrected chi connectivity index (χ4v) is 7.16. The van der Waals surface area contributed by atoms with Crippen molar-refractivity contribution < 1.29 is 29.3 Å².